The van der Waals surface area contributed by atoms with E-state index < -0.39 is 11.8 Å². The number of aliphatic hydroxyl groups excluding tert-OH is 1. The van der Waals surface area contributed by atoms with Crippen LogP contribution in [-0.4, -0.2) is 30.1 Å². The molecule has 0 saturated carbocycles. The summed E-state index contributed by atoms with van der Waals surface area (Å²) in [6, 6.07) is 5.63. The molecule has 0 spiro atoms. The average Bonchev–Trinajstić information content (AvgIpc) is 2.36. The number of rotatable bonds is 6. The van der Waals surface area contributed by atoms with Crippen LogP contribution in [0.25, 0.3) is 0 Å². The lowest BCUT2D eigenvalue weighted by molar-refractivity contribution is -0.136. The largest absolute Gasteiger partial charge is 0.396 e. The van der Waals surface area contributed by atoms with Gasteiger partial charge in [-0.25, -0.2) is 0 Å². The van der Waals surface area contributed by atoms with Crippen molar-refractivity contribution < 1.29 is 14.7 Å². The topological polar surface area (TPSA) is 78.4 Å². The Bertz CT molecular complexity index is 452. The molecule has 5 heteroatoms. The van der Waals surface area contributed by atoms with Crippen molar-refractivity contribution in [1.29, 1.82) is 0 Å². The van der Waals surface area contributed by atoms with E-state index in [4.69, 9.17) is 5.11 Å². The van der Waals surface area contributed by atoms with Gasteiger partial charge < -0.3 is 15.7 Å². The molecule has 0 aromatic heterocycles. The molecule has 5 nitrogen and oxygen atoms in total. The molecule has 0 radical (unpaired) electrons. The van der Waals surface area contributed by atoms with Crippen molar-refractivity contribution in [3.63, 3.8) is 0 Å². The maximum Gasteiger partial charge on any atom is 0.313 e. The van der Waals surface area contributed by atoms with E-state index in [2.05, 4.69) is 10.6 Å². The minimum absolute atomic E-state index is 0.154. The number of carbonyl (C=O) groups excluding carboxylic acids is 2. The van der Waals surface area contributed by atoms with Crippen LogP contribution in [0.4, 0.5) is 5.69 Å². The molecule has 2 amide bonds. The van der Waals surface area contributed by atoms with Crippen LogP contribution in [0, 0.1) is 13.8 Å². The van der Waals surface area contributed by atoms with Gasteiger partial charge in [0.05, 0.1) is 0 Å². The van der Waals surface area contributed by atoms with Gasteiger partial charge in [0.15, 0.2) is 0 Å². The van der Waals surface area contributed by atoms with Gasteiger partial charge in [0.2, 0.25) is 0 Å². The van der Waals surface area contributed by atoms with E-state index in [0.717, 1.165) is 24.0 Å². The molecule has 1 rings (SSSR count). The van der Waals surface area contributed by atoms with E-state index >= 15 is 0 Å². The first-order chi connectivity index (χ1) is 9.52. The van der Waals surface area contributed by atoms with Crippen LogP contribution in [0.15, 0.2) is 18.2 Å². The molecule has 20 heavy (non-hydrogen) atoms. The number of amides is 2. The molecule has 1 aromatic rings. The molecule has 3 N–H and O–H groups in total. The van der Waals surface area contributed by atoms with Crippen molar-refractivity contribution >= 4 is 17.5 Å². The Morgan fingerprint density at radius 1 is 1.00 bits per heavy atom. The standard InChI is InChI=1S/C15H22N2O3/c1-11-8-12(2)10-13(9-11)17-15(20)14(19)16-6-4-3-5-7-18/h8-10,18H,3-7H2,1-2H3,(H,16,19)(H,17,20). The first kappa shape index (κ1) is 16.2. The van der Waals surface area contributed by atoms with Crippen LogP contribution < -0.4 is 10.6 Å². The highest BCUT2D eigenvalue weighted by atomic mass is 16.3. The summed E-state index contributed by atoms with van der Waals surface area (Å²) in [5.41, 5.74) is 2.69. The van der Waals surface area contributed by atoms with Gasteiger partial charge in [-0.05, 0) is 56.4 Å². The lowest BCUT2D eigenvalue weighted by atomic mass is 10.1. The second-order valence-corrected chi connectivity index (χ2v) is 4.87. The highest BCUT2D eigenvalue weighted by Crippen LogP contribution is 2.13. The Labute approximate surface area is 119 Å². The molecule has 0 heterocycles. The van der Waals surface area contributed by atoms with Gasteiger partial charge >= 0.3 is 11.8 Å². The van der Waals surface area contributed by atoms with Crippen LogP contribution in [-0.2, 0) is 9.59 Å². The van der Waals surface area contributed by atoms with Gasteiger partial charge in [-0.1, -0.05) is 6.07 Å². The SMILES string of the molecule is Cc1cc(C)cc(NC(=O)C(=O)NCCCCCO)c1. The summed E-state index contributed by atoms with van der Waals surface area (Å²) in [6.45, 7) is 4.47. The molecule has 0 aliphatic heterocycles. The molecule has 0 aliphatic rings. The summed E-state index contributed by atoms with van der Waals surface area (Å²) in [5.74, 6) is -1.29. The molecule has 0 bridgehead atoms. The number of anilines is 1. The molecule has 0 fully saturated rings. The first-order valence-electron chi connectivity index (χ1n) is 6.81. The summed E-state index contributed by atoms with van der Waals surface area (Å²) in [6.07, 6.45) is 2.29. The van der Waals surface area contributed by atoms with Gasteiger partial charge in [0.1, 0.15) is 0 Å². The van der Waals surface area contributed by atoms with E-state index in [1.54, 1.807) is 0 Å². The normalized spacial score (nSPS) is 10.2. The molecule has 0 aliphatic carbocycles. The zero-order valence-corrected chi connectivity index (χ0v) is 12.0. The van der Waals surface area contributed by atoms with E-state index in [1.807, 2.05) is 32.0 Å². The van der Waals surface area contributed by atoms with Gasteiger partial charge in [0, 0.05) is 18.8 Å². The maximum absolute atomic E-state index is 11.7. The Hall–Kier alpha value is -1.88. The Morgan fingerprint density at radius 2 is 1.65 bits per heavy atom. The minimum atomic E-state index is -0.655. The summed E-state index contributed by atoms with van der Waals surface area (Å²) in [7, 11) is 0. The van der Waals surface area contributed by atoms with Gasteiger partial charge in [-0.2, -0.15) is 0 Å². The van der Waals surface area contributed by atoms with Crippen LogP contribution in [0.2, 0.25) is 0 Å². The summed E-state index contributed by atoms with van der Waals surface area (Å²) in [4.78, 5) is 23.3. The van der Waals surface area contributed by atoms with E-state index in [-0.39, 0.29) is 6.61 Å². The number of nitrogens with one attached hydrogen (secondary N) is 2. The molecule has 1 aromatic carbocycles. The Balaban J connectivity index is 2.39. The maximum atomic E-state index is 11.7. The highest BCUT2D eigenvalue weighted by Gasteiger charge is 2.13. The third kappa shape index (κ3) is 5.84. The van der Waals surface area contributed by atoms with E-state index in [0.29, 0.717) is 18.7 Å². The second kappa shape index (κ2) is 8.32. The van der Waals surface area contributed by atoms with E-state index in [1.165, 1.54) is 0 Å². The Morgan fingerprint density at radius 3 is 2.25 bits per heavy atom. The number of hydrogen-bond donors (Lipinski definition) is 3. The van der Waals surface area contributed by atoms with Crippen molar-refractivity contribution in [2.75, 3.05) is 18.5 Å². The van der Waals surface area contributed by atoms with Crippen molar-refractivity contribution in [2.45, 2.75) is 33.1 Å². The van der Waals surface area contributed by atoms with Gasteiger partial charge in [-0.15, -0.1) is 0 Å². The van der Waals surface area contributed by atoms with Crippen molar-refractivity contribution in [1.82, 2.24) is 5.32 Å². The smallest absolute Gasteiger partial charge is 0.313 e. The number of aliphatic hydroxyl groups is 1. The molecular formula is C15H22N2O3. The zero-order valence-electron chi connectivity index (χ0n) is 12.0. The number of benzene rings is 1. The number of aryl methyl sites for hydroxylation is 2. The zero-order chi connectivity index (χ0) is 15.0. The number of unbranched alkanes of at least 4 members (excludes halogenated alkanes) is 2. The third-order valence-electron chi connectivity index (χ3n) is 2.81. The summed E-state index contributed by atoms with van der Waals surface area (Å²) >= 11 is 0. The fourth-order valence-corrected chi connectivity index (χ4v) is 1.93. The predicted molar refractivity (Wildman–Crippen MR) is 78.5 cm³/mol. The van der Waals surface area contributed by atoms with Crippen molar-refractivity contribution in [3.05, 3.63) is 29.3 Å². The van der Waals surface area contributed by atoms with Crippen molar-refractivity contribution in [2.24, 2.45) is 0 Å². The lowest BCUT2D eigenvalue weighted by Gasteiger charge is -2.08. The highest BCUT2D eigenvalue weighted by molar-refractivity contribution is 6.39. The summed E-state index contributed by atoms with van der Waals surface area (Å²) in [5, 5.41) is 13.8. The van der Waals surface area contributed by atoms with Crippen LogP contribution in [0.3, 0.4) is 0 Å². The number of hydrogen-bond acceptors (Lipinski definition) is 3. The third-order valence-corrected chi connectivity index (χ3v) is 2.81. The molecule has 110 valence electrons. The first-order valence-corrected chi connectivity index (χ1v) is 6.81. The van der Waals surface area contributed by atoms with Crippen molar-refractivity contribution in [3.8, 4) is 0 Å². The molecule has 0 unspecified atom stereocenters. The van der Waals surface area contributed by atoms with Crippen LogP contribution in [0.5, 0.6) is 0 Å². The number of carbonyl (C=O) groups is 2. The summed E-state index contributed by atoms with van der Waals surface area (Å²) < 4.78 is 0. The molecule has 0 saturated heterocycles. The lowest BCUT2D eigenvalue weighted by Crippen LogP contribution is -2.35. The van der Waals surface area contributed by atoms with E-state index in [9.17, 15) is 9.59 Å². The monoisotopic (exact) mass is 278 g/mol. The second-order valence-electron chi connectivity index (χ2n) is 4.87. The van der Waals surface area contributed by atoms with Gasteiger partial charge in [-0.3, -0.25) is 9.59 Å². The average molecular weight is 278 g/mol. The van der Waals surface area contributed by atoms with Crippen LogP contribution in [0.1, 0.15) is 30.4 Å². The predicted octanol–water partition coefficient (Wildman–Crippen LogP) is 1.52. The fourth-order valence-electron chi connectivity index (χ4n) is 1.93. The fraction of sp³-hybridized carbons (Fsp3) is 0.467. The van der Waals surface area contributed by atoms with Crippen LogP contribution >= 0.6 is 0 Å². The quantitative estimate of drug-likeness (QED) is 0.545. The minimum Gasteiger partial charge on any atom is -0.396 e. The molecular weight excluding hydrogens is 256 g/mol. The van der Waals surface area contributed by atoms with Gasteiger partial charge in [0.25, 0.3) is 0 Å². The Kier molecular flexibility index (Phi) is 6.73. The molecule has 0 atom stereocenters.